The van der Waals surface area contributed by atoms with E-state index in [-0.39, 0.29) is 24.3 Å². The molecule has 1 aliphatic rings. The molecule has 4 N–H and O–H groups in total. The van der Waals surface area contributed by atoms with E-state index in [1.165, 1.54) is 6.42 Å². The van der Waals surface area contributed by atoms with Crippen LogP contribution in [0.1, 0.15) is 46.0 Å². The van der Waals surface area contributed by atoms with Gasteiger partial charge in [0.1, 0.15) is 0 Å². The number of rotatable bonds is 7. The molecule has 0 radical (unpaired) electrons. The van der Waals surface area contributed by atoms with Gasteiger partial charge in [0.25, 0.3) is 0 Å². The third-order valence-electron chi connectivity index (χ3n) is 3.86. The predicted octanol–water partition coefficient (Wildman–Crippen LogP) is 1.03. The number of carbonyl (C=O) groups excluding carboxylic acids is 2. The van der Waals surface area contributed by atoms with Crippen LogP contribution in [0.5, 0.6) is 0 Å². The molecule has 5 heteroatoms. The van der Waals surface area contributed by atoms with Crippen molar-refractivity contribution in [3.63, 3.8) is 0 Å². The van der Waals surface area contributed by atoms with Crippen molar-refractivity contribution >= 4 is 11.8 Å². The van der Waals surface area contributed by atoms with Crippen LogP contribution >= 0.6 is 0 Å². The zero-order chi connectivity index (χ0) is 15.0. The van der Waals surface area contributed by atoms with Crippen molar-refractivity contribution in [2.24, 2.45) is 23.5 Å². The summed E-state index contributed by atoms with van der Waals surface area (Å²) in [7, 11) is 0. The van der Waals surface area contributed by atoms with Crippen LogP contribution in [0.2, 0.25) is 0 Å². The first-order chi connectivity index (χ1) is 9.52. The Balaban J connectivity index is 2.26. The van der Waals surface area contributed by atoms with Crippen molar-refractivity contribution in [2.75, 3.05) is 19.6 Å². The number of hydrogen-bond acceptors (Lipinski definition) is 3. The van der Waals surface area contributed by atoms with E-state index in [4.69, 9.17) is 5.73 Å². The molecule has 2 unspecified atom stereocenters. The summed E-state index contributed by atoms with van der Waals surface area (Å²) in [5.41, 5.74) is 5.58. The Morgan fingerprint density at radius 1 is 1.25 bits per heavy atom. The number of nitrogens with one attached hydrogen (secondary N) is 2. The lowest BCUT2D eigenvalue weighted by atomic mass is 9.79. The minimum atomic E-state index is -0.110. The van der Waals surface area contributed by atoms with Crippen molar-refractivity contribution in [1.82, 2.24) is 10.6 Å². The summed E-state index contributed by atoms with van der Waals surface area (Å²) in [6.45, 7) is 5.51. The molecule has 0 heterocycles. The zero-order valence-corrected chi connectivity index (χ0v) is 12.8. The maximum atomic E-state index is 12.1. The summed E-state index contributed by atoms with van der Waals surface area (Å²) in [5, 5.41) is 5.56. The van der Waals surface area contributed by atoms with E-state index >= 15 is 0 Å². The molecule has 2 atom stereocenters. The highest BCUT2D eigenvalue weighted by Crippen LogP contribution is 2.30. The molecule has 0 bridgehead atoms. The molecule has 2 amide bonds. The Labute approximate surface area is 122 Å². The number of nitrogens with two attached hydrogens (primary N) is 1. The number of carbonyl (C=O) groups is 2. The highest BCUT2D eigenvalue weighted by atomic mass is 16.2. The molecular weight excluding hydrogens is 254 g/mol. The second-order valence-electron chi connectivity index (χ2n) is 6.22. The molecule has 1 rings (SSSR count). The van der Waals surface area contributed by atoms with Gasteiger partial charge in [0, 0.05) is 12.5 Å². The van der Waals surface area contributed by atoms with Crippen LogP contribution in [0, 0.1) is 17.8 Å². The van der Waals surface area contributed by atoms with E-state index in [1.807, 2.05) is 13.8 Å². The van der Waals surface area contributed by atoms with Crippen LogP contribution in [0.4, 0.5) is 0 Å². The maximum Gasteiger partial charge on any atom is 0.239 e. The first kappa shape index (κ1) is 17.0. The summed E-state index contributed by atoms with van der Waals surface area (Å²) in [6.07, 6.45) is 5.11. The molecule has 0 saturated heterocycles. The molecule has 0 aromatic heterocycles. The normalized spacial score (nSPS) is 22.6. The fraction of sp³-hybridized carbons (Fsp3) is 0.867. The second-order valence-corrected chi connectivity index (χ2v) is 6.22. The van der Waals surface area contributed by atoms with Gasteiger partial charge in [0.2, 0.25) is 11.8 Å². The monoisotopic (exact) mass is 283 g/mol. The van der Waals surface area contributed by atoms with Crippen LogP contribution in [-0.2, 0) is 9.59 Å². The molecule has 0 aromatic rings. The molecule has 0 aliphatic heterocycles. The minimum Gasteiger partial charge on any atom is -0.354 e. The maximum absolute atomic E-state index is 12.1. The van der Waals surface area contributed by atoms with Crippen LogP contribution in [0.25, 0.3) is 0 Å². The lowest BCUT2D eigenvalue weighted by molar-refractivity contribution is -0.129. The van der Waals surface area contributed by atoms with E-state index in [9.17, 15) is 9.59 Å². The van der Waals surface area contributed by atoms with Gasteiger partial charge in [-0.3, -0.25) is 9.59 Å². The van der Waals surface area contributed by atoms with Crippen LogP contribution < -0.4 is 16.4 Å². The molecule has 1 saturated carbocycles. The molecule has 0 spiro atoms. The Hall–Kier alpha value is -1.10. The fourth-order valence-electron chi connectivity index (χ4n) is 2.72. The van der Waals surface area contributed by atoms with Gasteiger partial charge < -0.3 is 16.4 Å². The summed E-state index contributed by atoms with van der Waals surface area (Å²) in [5.74, 6) is 0.954. The SMILES string of the molecule is CC(C)CNC(=O)CNC(=O)C1CCCC(CCN)C1. The van der Waals surface area contributed by atoms with Gasteiger partial charge >= 0.3 is 0 Å². The summed E-state index contributed by atoms with van der Waals surface area (Å²) in [4.78, 5) is 23.6. The molecular formula is C15H29N3O2. The third kappa shape index (κ3) is 6.37. The first-order valence-corrected chi connectivity index (χ1v) is 7.77. The lowest BCUT2D eigenvalue weighted by Crippen LogP contribution is -2.41. The average Bonchev–Trinajstić information content (AvgIpc) is 2.43. The van der Waals surface area contributed by atoms with Crippen LogP contribution in [-0.4, -0.2) is 31.4 Å². The summed E-state index contributed by atoms with van der Waals surface area (Å²) in [6, 6.07) is 0. The first-order valence-electron chi connectivity index (χ1n) is 7.77. The van der Waals surface area contributed by atoms with Crippen molar-refractivity contribution in [1.29, 1.82) is 0 Å². The molecule has 20 heavy (non-hydrogen) atoms. The van der Waals surface area contributed by atoms with Gasteiger partial charge in [0.05, 0.1) is 6.54 Å². The third-order valence-corrected chi connectivity index (χ3v) is 3.86. The fourth-order valence-corrected chi connectivity index (χ4v) is 2.72. The van der Waals surface area contributed by atoms with Gasteiger partial charge in [-0.15, -0.1) is 0 Å². The largest absolute Gasteiger partial charge is 0.354 e. The summed E-state index contributed by atoms with van der Waals surface area (Å²) >= 11 is 0. The van der Waals surface area contributed by atoms with Gasteiger partial charge in [-0.25, -0.2) is 0 Å². The Kier molecular flexibility index (Phi) is 7.59. The van der Waals surface area contributed by atoms with Crippen LogP contribution in [0.15, 0.2) is 0 Å². The van der Waals surface area contributed by atoms with Crippen molar-refractivity contribution < 1.29 is 9.59 Å². The Bertz CT molecular complexity index is 316. The molecule has 0 aromatic carbocycles. The van der Waals surface area contributed by atoms with Crippen molar-refractivity contribution in [3.8, 4) is 0 Å². The highest BCUT2D eigenvalue weighted by Gasteiger charge is 2.26. The zero-order valence-electron chi connectivity index (χ0n) is 12.8. The highest BCUT2D eigenvalue weighted by molar-refractivity contribution is 5.85. The molecule has 1 fully saturated rings. The van der Waals surface area contributed by atoms with Gasteiger partial charge in [-0.2, -0.15) is 0 Å². The minimum absolute atomic E-state index is 0.0198. The smallest absolute Gasteiger partial charge is 0.239 e. The van der Waals surface area contributed by atoms with Gasteiger partial charge in [0.15, 0.2) is 0 Å². The number of amides is 2. The second kappa shape index (κ2) is 8.95. The molecule has 1 aliphatic carbocycles. The standard InChI is InChI=1S/C15H29N3O2/c1-11(2)9-17-14(19)10-18-15(20)13-5-3-4-12(8-13)6-7-16/h11-13H,3-10,16H2,1-2H3,(H,17,19)(H,18,20). The van der Waals surface area contributed by atoms with Crippen LogP contribution in [0.3, 0.4) is 0 Å². The molecule has 5 nitrogen and oxygen atoms in total. The lowest BCUT2D eigenvalue weighted by Gasteiger charge is -2.28. The summed E-state index contributed by atoms with van der Waals surface area (Å²) < 4.78 is 0. The topological polar surface area (TPSA) is 84.2 Å². The Morgan fingerprint density at radius 2 is 2.00 bits per heavy atom. The predicted molar refractivity (Wildman–Crippen MR) is 80.0 cm³/mol. The quantitative estimate of drug-likeness (QED) is 0.652. The van der Waals surface area contributed by atoms with Crippen molar-refractivity contribution in [2.45, 2.75) is 46.0 Å². The van der Waals surface area contributed by atoms with E-state index < -0.39 is 0 Å². The number of hydrogen-bond donors (Lipinski definition) is 3. The van der Waals surface area contributed by atoms with Gasteiger partial charge in [-0.1, -0.05) is 26.7 Å². The van der Waals surface area contributed by atoms with Gasteiger partial charge in [-0.05, 0) is 37.6 Å². The van der Waals surface area contributed by atoms with E-state index in [0.29, 0.717) is 24.9 Å². The van der Waals surface area contributed by atoms with Crippen molar-refractivity contribution in [3.05, 3.63) is 0 Å². The Morgan fingerprint density at radius 3 is 2.65 bits per heavy atom. The van der Waals surface area contributed by atoms with E-state index in [1.54, 1.807) is 0 Å². The molecule has 116 valence electrons. The average molecular weight is 283 g/mol. The van der Waals surface area contributed by atoms with E-state index in [0.717, 1.165) is 25.7 Å². The van der Waals surface area contributed by atoms with E-state index in [2.05, 4.69) is 10.6 Å².